The predicted molar refractivity (Wildman–Crippen MR) is 65.8 cm³/mol. The van der Waals surface area contributed by atoms with Gasteiger partial charge in [0.15, 0.2) is 0 Å². The SMILES string of the molecule is CN=CC(C)(C)/C=C1/CN(C)C=CN1C. The Bertz CT molecular complexity index is 300. The highest BCUT2D eigenvalue weighted by Crippen LogP contribution is 2.20. The van der Waals surface area contributed by atoms with Gasteiger partial charge in [0.25, 0.3) is 0 Å². The highest BCUT2D eigenvalue weighted by atomic mass is 15.2. The zero-order chi connectivity index (χ0) is 11.5. The third-order valence-corrected chi connectivity index (χ3v) is 2.41. The molecule has 3 nitrogen and oxygen atoms in total. The molecule has 3 heteroatoms. The Balaban J connectivity index is 2.87. The van der Waals surface area contributed by atoms with Crippen molar-refractivity contribution >= 4 is 6.21 Å². The Hall–Kier alpha value is -1.25. The van der Waals surface area contributed by atoms with Crippen LogP contribution in [0.4, 0.5) is 0 Å². The third kappa shape index (κ3) is 3.42. The first-order valence-corrected chi connectivity index (χ1v) is 5.21. The van der Waals surface area contributed by atoms with Crippen molar-refractivity contribution in [2.45, 2.75) is 13.8 Å². The first-order chi connectivity index (χ1) is 6.94. The van der Waals surface area contributed by atoms with Crippen molar-refractivity contribution in [3.05, 3.63) is 24.2 Å². The van der Waals surface area contributed by atoms with Gasteiger partial charge in [-0.1, -0.05) is 19.9 Å². The van der Waals surface area contributed by atoms with Gasteiger partial charge < -0.3 is 9.80 Å². The van der Waals surface area contributed by atoms with Crippen LogP contribution in [0, 0.1) is 5.41 Å². The van der Waals surface area contributed by atoms with Crippen molar-refractivity contribution in [2.75, 3.05) is 27.7 Å². The van der Waals surface area contributed by atoms with E-state index in [9.17, 15) is 0 Å². The first kappa shape index (κ1) is 11.8. The van der Waals surface area contributed by atoms with Crippen LogP contribution >= 0.6 is 0 Å². The van der Waals surface area contributed by atoms with Gasteiger partial charge in [0.05, 0.1) is 6.54 Å². The molecule has 0 amide bonds. The van der Waals surface area contributed by atoms with E-state index in [2.05, 4.69) is 61.2 Å². The molecule has 0 saturated carbocycles. The molecule has 1 aliphatic heterocycles. The molecule has 0 radical (unpaired) electrons. The summed E-state index contributed by atoms with van der Waals surface area (Å²) in [7, 11) is 5.98. The molecule has 84 valence electrons. The molecule has 1 aliphatic rings. The second kappa shape index (κ2) is 4.51. The molecule has 0 spiro atoms. The summed E-state index contributed by atoms with van der Waals surface area (Å²) in [5, 5.41) is 0. The lowest BCUT2D eigenvalue weighted by molar-refractivity contribution is 0.381. The summed E-state index contributed by atoms with van der Waals surface area (Å²) in [4.78, 5) is 8.43. The Labute approximate surface area is 92.8 Å². The quantitative estimate of drug-likeness (QED) is 0.644. The van der Waals surface area contributed by atoms with Crippen LogP contribution < -0.4 is 0 Å². The van der Waals surface area contributed by atoms with E-state index in [1.54, 1.807) is 0 Å². The molecule has 0 bridgehead atoms. The summed E-state index contributed by atoms with van der Waals surface area (Å²) in [5.74, 6) is 0. The Morgan fingerprint density at radius 1 is 1.33 bits per heavy atom. The summed E-state index contributed by atoms with van der Waals surface area (Å²) in [6.07, 6.45) is 8.40. The van der Waals surface area contributed by atoms with Gasteiger partial charge >= 0.3 is 0 Å². The van der Waals surface area contributed by atoms with Crippen molar-refractivity contribution in [3.8, 4) is 0 Å². The van der Waals surface area contributed by atoms with E-state index in [1.165, 1.54) is 5.70 Å². The molecule has 1 heterocycles. The molecular weight excluding hydrogens is 186 g/mol. The van der Waals surface area contributed by atoms with Crippen molar-refractivity contribution in [1.29, 1.82) is 0 Å². The Morgan fingerprint density at radius 3 is 2.60 bits per heavy atom. The summed E-state index contributed by atoms with van der Waals surface area (Å²) < 4.78 is 0. The monoisotopic (exact) mass is 207 g/mol. The van der Waals surface area contributed by atoms with E-state index in [1.807, 2.05) is 13.3 Å². The normalized spacial score (nSPS) is 20.7. The average molecular weight is 207 g/mol. The minimum Gasteiger partial charge on any atom is -0.373 e. The number of hydrogen-bond donors (Lipinski definition) is 0. The minimum absolute atomic E-state index is 0.0182. The highest BCUT2D eigenvalue weighted by molar-refractivity contribution is 5.67. The molecule has 15 heavy (non-hydrogen) atoms. The minimum atomic E-state index is 0.0182. The molecule has 0 aromatic rings. The highest BCUT2D eigenvalue weighted by Gasteiger charge is 2.16. The van der Waals surface area contributed by atoms with Crippen LogP contribution in [0.1, 0.15) is 13.8 Å². The molecular formula is C12H21N3. The van der Waals surface area contributed by atoms with Crippen LogP contribution in [0.25, 0.3) is 0 Å². The number of aliphatic imine (C=N–C) groups is 1. The van der Waals surface area contributed by atoms with Gasteiger partial charge in [0.1, 0.15) is 0 Å². The molecule has 1 rings (SSSR count). The summed E-state index contributed by atoms with van der Waals surface area (Å²) >= 11 is 0. The molecule has 0 unspecified atom stereocenters. The van der Waals surface area contributed by atoms with E-state index in [-0.39, 0.29) is 5.41 Å². The molecule has 0 aliphatic carbocycles. The fourth-order valence-corrected chi connectivity index (χ4v) is 1.68. The lowest BCUT2D eigenvalue weighted by atomic mass is 9.93. The zero-order valence-corrected chi connectivity index (χ0v) is 10.4. The molecule has 0 fully saturated rings. The van der Waals surface area contributed by atoms with Gasteiger partial charge in [0.2, 0.25) is 0 Å². The van der Waals surface area contributed by atoms with Crippen LogP contribution in [0.5, 0.6) is 0 Å². The number of likely N-dealkylation sites (N-methyl/N-ethyl adjacent to an activating group) is 2. The van der Waals surface area contributed by atoms with Crippen molar-refractivity contribution in [3.63, 3.8) is 0 Å². The number of hydrogen-bond acceptors (Lipinski definition) is 3. The molecule has 0 atom stereocenters. The van der Waals surface area contributed by atoms with Crippen LogP contribution in [0.2, 0.25) is 0 Å². The molecule has 0 N–H and O–H groups in total. The fourth-order valence-electron chi connectivity index (χ4n) is 1.68. The molecule has 0 aromatic carbocycles. The van der Waals surface area contributed by atoms with Crippen LogP contribution in [0.15, 0.2) is 29.2 Å². The molecule has 0 saturated heterocycles. The number of rotatable bonds is 2. The predicted octanol–water partition coefficient (Wildman–Crippen LogP) is 1.95. The van der Waals surface area contributed by atoms with Crippen molar-refractivity contribution in [1.82, 2.24) is 9.80 Å². The van der Waals surface area contributed by atoms with Gasteiger partial charge in [-0.25, -0.2) is 0 Å². The number of allylic oxidation sites excluding steroid dienone is 1. The van der Waals surface area contributed by atoms with Gasteiger partial charge in [-0.2, -0.15) is 0 Å². The molecule has 0 aromatic heterocycles. The van der Waals surface area contributed by atoms with E-state index in [4.69, 9.17) is 0 Å². The van der Waals surface area contributed by atoms with Crippen molar-refractivity contribution in [2.24, 2.45) is 10.4 Å². The summed E-state index contributed by atoms with van der Waals surface area (Å²) in [6, 6.07) is 0. The Morgan fingerprint density at radius 2 is 2.00 bits per heavy atom. The van der Waals surface area contributed by atoms with E-state index in [0.717, 1.165) is 6.54 Å². The largest absolute Gasteiger partial charge is 0.373 e. The summed E-state index contributed by atoms with van der Waals surface area (Å²) in [6.45, 7) is 5.28. The Kier molecular flexibility index (Phi) is 3.56. The van der Waals surface area contributed by atoms with Gasteiger partial charge in [0, 0.05) is 50.9 Å². The van der Waals surface area contributed by atoms with Crippen LogP contribution in [-0.4, -0.2) is 43.7 Å². The third-order valence-electron chi connectivity index (χ3n) is 2.41. The lowest BCUT2D eigenvalue weighted by Crippen LogP contribution is -2.29. The van der Waals surface area contributed by atoms with Gasteiger partial charge in [-0.3, -0.25) is 4.99 Å². The second-order valence-electron chi connectivity index (χ2n) is 4.67. The maximum Gasteiger partial charge on any atom is 0.0570 e. The fraction of sp³-hybridized carbons (Fsp3) is 0.583. The topological polar surface area (TPSA) is 18.8 Å². The average Bonchev–Trinajstić information content (AvgIpc) is 2.10. The van der Waals surface area contributed by atoms with E-state index < -0.39 is 0 Å². The maximum atomic E-state index is 4.10. The summed E-state index contributed by atoms with van der Waals surface area (Å²) in [5.41, 5.74) is 1.33. The van der Waals surface area contributed by atoms with Crippen molar-refractivity contribution < 1.29 is 0 Å². The first-order valence-electron chi connectivity index (χ1n) is 5.21. The van der Waals surface area contributed by atoms with Crippen LogP contribution in [-0.2, 0) is 0 Å². The zero-order valence-electron chi connectivity index (χ0n) is 10.4. The second-order valence-corrected chi connectivity index (χ2v) is 4.67. The van der Waals surface area contributed by atoms with E-state index in [0.29, 0.717) is 0 Å². The standard InChI is InChI=1S/C12H21N3/c1-12(2,10-13-3)8-11-9-14(4)6-7-15(11)5/h6-8,10H,9H2,1-5H3/b11-8-,13-10?. The smallest absolute Gasteiger partial charge is 0.0570 e. The van der Waals surface area contributed by atoms with Crippen LogP contribution in [0.3, 0.4) is 0 Å². The van der Waals surface area contributed by atoms with Gasteiger partial charge in [-0.05, 0) is 0 Å². The maximum absolute atomic E-state index is 4.10. The van der Waals surface area contributed by atoms with Gasteiger partial charge in [-0.15, -0.1) is 0 Å². The van der Waals surface area contributed by atoms with E-state index >= 15 is 0 Å². The number of nitrogens with zero attached hydrogens (tertiary/aromatic N) is 3. The lowest BCUT2D eigenvalue weighted by Gasteiger charge is -2.30.